The Kier molecular flexibility index (Phi) is 10.9. The van der Waals surface area contributed by atoms with Gasteiger partial charge in [0.2, 0.25) is 0 Å². The number of aromatic nitrogens is 6. The van der Waals surface area contributed by atoms with Crippen LogP contribution in [0.5, 0.6) is 0 Å². The number of anilines is 3. The molecule has 0 atom stereocenters. The van der Waals surface area contributed by atoms with Crippen LogP contribution in [-0.2, 0) is 11.3 Å². The lowest BCUT2D eigenvalue weighted by molar-refractivity contribution is 0.0867. The van der Waals surface area contributed by atoms with Crippen LogP contribution < -0.4 is 32.8 Å². The first-order valence-corrected chi connectivity index (χ1v) is 18.3. The molecule has 8 rings (SSSR count). The van der Waals surface area contributed by atoms with Crippen LogP contribution in [0, 0.1) is 0 Å². The maximum absolute atomic E-state index is 13.1. The highest BCUT2D eigenvalue weighted by atomic mass is 79.9. The molecule has 0 bridgehead atoms. The van der Waals surface area contributed by atoms with E-state index in [-0.39, 0.29) is 44.4 Å². The van der Waals surface area contributed by atoms with E-state index in [2.05, 4.69) is 51.8 Å². The third-order valence-electron chi connectivity index (χ3n) is 9.22. The molecule has 5 N–H and O–H groups in total. The fraction of sp³-hybridized carbons (Fsp3) is 0.375. The molecule has 4 aromatic heterocycles. The lowest BCUT2D eigenvalue weighted by Crippen LogP contribution is -2.48. The van der Waals surface area contributed by atoms with Crippen molar-refractivity contribution in [2.75, 3.05) is 11.1 Å². The highest BCUT2D eigenvalue weighted by Gasteiger charge is 2.46. The number of nitrogens with zero attached hydrogens (tertiary/aromatic N) is 6. The number of carbonyl (C=O) groups is 2. The van der Waals surface area contributed by atoms with Crippen LogP contribution in [0.3, 0.4) is 0 Å². The van der Waals surface area contributed by atoms with Crippen LogP contribution in [0.25, 0.3) is 0 Å². The lowest BCUT2D eigenvalue weighted by Gasteiger charge is -2.35. The van der Waals surface area contributed by atoms with Crippen molar-refractivity contribution in [1.29, 1.82) is 0 Å². The molecule has 0 aromatic carbocycles. The van der Waals surface area contributed by atoms with E-state index in [1.807, 2.05) is 0 Å². The predicted octanol–water partition coefficient (Wildman–Crippen LogP) is 6.39. The molecular weight excluding hydrogens is 810 g/mol. The van der Waals surface area contributed by atoms with Crippen molar-refractivity contribution < 1.29 is 9.59 Å². The number of amides is 2. The summed E-state index contributed by atoms with van der Waals surface area (Å²) in [7, 11) is 0. The molecule has 2 aliphatic carbocycles. The number of fused-ring (bicyclic) bond motifs is 4. The second kappa shape index (κ2) is 15.1. The number of nitrogen functional groups attached to an aromatic ring is 1. The molecule has 51 heavy (non-hydrogen) atoms. The zero-order chi connectivity index (χ0) is 36.5. The fourth-order valence-electron chi connectivity index (χ4n) is 6.95. The maximum atomic E-state index is 13.1. The van der Waals surface area contributed by atoms with Gasteiger partial charge in [0.05, 0.1) is 26.9 Å². The van der Waals surface area contributed by atoms with Gasteiger partial charge in [0.25, 0.3) is 22.9 Å². The van der Waals surface area contributed by atoms with E-state index in [9.17, 15) is 19.2 Å². The zero-order valence-electron chi connectivity index (χ0n) is 26.8. The smallest absolute Gasteiger partial charge is 0.276 e. The van der Waals surface area contributed by atoms with Crippen molar-refractivity contribution in [2.24, 2.45) is 0 Å². The lowest BCUT2D eigenvalue weighted by atomic mass is 9.89. The summed E-state index contributed by atoms with van der Waals surface area (Å²) in [6.45, 7) is 0. The monoisotopic (exact) mass is 838 g/mol. The van der Waals surface area contributed by atoms with Gasteiger partial charge in [0, 0.05) is 0 Å². The highest BCUT2D eigenvalue weighted by molar-refractivity contribution is 9.10. The van der Waals surface area contributed by atoms with Gasteiger partial charge in [-0.1, -0.05) is 59.2 Å². The molecule has 19 heteroatoms. The molecule has 268 valence electrons. The van der Waals surface area contributed by atoms with Gasteiger partial charge in [-0.2, -0.15) is 0 Å². The van der Waals surface area contributed by atoms with Gasteiger partial charge in [0.1, 0.15) is 56.9 Å². The van der Waals surface area contributed by atoms with Crippen molar-refractivity contribution in [1.82, 2.24) is 39.7 Å². The molecule has 0 radical (unpaired) electrons. The van der Waals surface area contributed by atoms with E-state index < -0.39 is 11.3 Å². The Morgan fingerprint density at radius 1 is 0.686 bits per heavy atom. The molecule has 14 nitrogen and oxygen atoms in total. The normalized spacial score (nSPS) is 17.7. The Labute approximate surface area is 319 Å². The second-order valence-corrected chi connectivity index (χ2v) is 14.9. The van der Waals surface area contributed by atoms with Crippen LogP contribution in [0.4, 0.5) is 17.3 Å². The van der Waals surface area contributed by atoms with Crippen LogP contribution in [-0.4, -0.2) is 40.9 Å². The Hall–Kier alpha value is -3.76. The number of hydrogen-bond acceptors (Lipinski definition) is 10. The van der Waals surface area contributed by atoms with Crippen LogP contribution in [0.2, 0.25) is 20.1 Å². The van der Waals surface area contributed by atoms with Crippen LogP contribution in [0.1, 0.15) is 85.2 Å². The summed E-state index contributed by atoms with van der Waals surface area (Å²) >= 11 is 27.1. The summed E-state index contributed by atoms with van der Waals surface area (Å²) in [6.07, 6.45) is 14.7. The summed E-state index contributed by atoms with van der Waals surface area (Å²) in [5.74, 6) is 0.0733. The molecule has 2 saturated carbocycles. The van der Waals surface area contributed by atoms with Gasteiger partial charge in [-0.3, -0.25) is 28.3 Å². The predicted molar refractivity (Wildman–Crippen MR) is 198 cm³/mol. The second-order valence-electron chi connectivity index (χ2n) is 12.4. The highest BCUT2D eigenvalue weighted by Crippen LogP contribution is 2.40. The quantitative estimate of drug-likeness (QED) is 0.176. The number of pyridine rings is 2. The molecule has 4 aliphatic rings. The van der Waals surface area contributed by atoms with Crippen molar-refractivity contribution in [2.45, 2.75) is 75.5 Å². The molecule has 6 heterocycles. The molecule has 2 amide bonds. The van der Waals surface area contributed by atoms with Crippen LogP contribution >= 0.6 is 62.3 Å². The molecule has 2 spiro atoms. The first-order valence-electron chi connectivity index (χ1n) is 16.0. The van der Waals surface area contributed by atoms with Crippen molar-refractivity contribution in [3.05, 3.63) is 93.8 Å². The number of carbonyl (C=O) groups excluding carboxylic acids is 2. The largest absolute Gasteiger partial charge is 0.382 e. The van der Waals surface area contributed by atoms with Gasteiger partial charge < -0.3 is 21.7 Å². The minimum atomic E-state index is -0.696. The van der Waals surface area contributed by atoms with Gasteiger partial charge in [-0.25, -0.2) is 19.9 Å². The molecule has 0 unspecified atom stereocenters. The van der Waals surface area contributed by atoms with E-state index in [1.54, 1.807) is 4.57 Å². The minimum Gasteiger partial charge on any atom is -0.382 e. The Morgan fingerprint density at radius 3 is 1.67 bits per heavy atom. The topological polar surface area (TPSA) is 192 Å². The molecule has 0 saturated heterocycles. The van der Waals surface area contributed by atoms with Crippen molar-refractivity contribution >= 4 is 91.5 Å². The number of halogens is 5. The summed E-state index contributed by atoms with van der Waals surface area (Å²) in [5, 5.41) is 10.1. The maximum Gasteiger partial charge on any atom is 0.276 e. The van der Waals surface area contributed by atoms with Gasteiger partial charge in [-0.05, 0) is 79.4 Å². The average molecular weight is 841 g/mol. The van der Waals surface area contributed by atoms with Crippen LogP contribution in [0.15, 0.2) is 51.2 Å². The number of nitrogens with one attached hydrogen (secondary N) is 3. The summed E-state index contributed by atoms with van der Waals surface area (Å²) in [5.41, 5.74) is 4.20. The van der Waals surface area contributed by atoms with Gasteiger partial charge in [-0.15, -0.1) is 0 Å². The summed E-state index contributed by atoms with van der Waals surface area (Å²) in [4.78, 5) is 65.0. The molecule has 4 aromatic rings. The number of hydrogen-bond donors (Lipinski definition) is 4. The molecule has 2 fully saturated rings. The van der Waals surface area contributed by atoms with Crippen molar-refractivity contribution in [3.8, 4) is 0 Å². The first-order chi connectivity index (χ1) is 24.4. The summed E-state index contributed by atoms with van der Waals surface area (Å²) in [6, 6.07) is 2.94. The number of nitrogens with two attached hydrogens (primary N) is 1. The van der Waals surface area contributed by atoms with Gasteiger partial charge >= 0.3 is 0 Å². The van der Waals surface area contributed by atoms with E-state index in [0.29, 0.717) is 44.7 Å². The number of rotatable bonds is 2. The fourth-order valence-corrected chi connectivity index (χ4v) is 8.30. The zero-order valence-corrected chi connectivity index (χ0v) is 31.4. The molecule has 2 aliphatic heterocycles. The van der Waals surface area contributed by atoms with E-state index in [4.69, 9.17) is 52.1 Å². The first kappa shape index (κ1) is 37.0. The van der Waals surface area contributed by atoms with Gasteiger partial charge in [0.15, 0.2) is 5.82 Å². The standard InChI is InChI=1S/C16H15Cl2N5O2.C12H12BrClN2O2.C4H4ClN3/c17-9-6-11(21-13-10(18)7-19-8-20-13)15(25)23-12(9)14(24)22-16(23)4-2-1-3-5-16;13-7-6-8(14)9-10(17)15-12(16(9)11(7)18)4-2-1-3-5-12;5-3-1-7-2-8-4(3)6/h6-8H,1-5H2,(H,22,24)(H,19,20,21);6H,1-5H2,(H,15,17);1-2H,(H2,6,7,8). The van der Waals surface area contributed by atoms with Crippen molar-refractivity contribution in [3.63, 3.8) is 0 Å². The third-order valence-corrected chi connectivity index (χ3v) is 10.9. The third kappa shape index (κ3) is 7.18. The Morgan fingerprint density at radius 2 is 1.18 bits per heavy atom. The average Bonchev–Trinajstić information content (AvgIpc) is 3.55. The Balaban J connectivity index is 0.000000150. The van der Waals surface area contributed by atoms with E-state index in [1.165, 1.54) is 41.7 Å². The van der Waals surface area contributed by atoms with E-state index in [0.717, 1.165) is 51.4 Å². The minimum absolute atomic E-state index is 0.186. The SMILES string of the molecule is Nc1ncncc1Cl.O=C1NC2(CCCCC2)n2c1c(Cl)cc(Br)c2=O.O=C1NC2(CCCCC2)n2c1c(Cl)cc(Nc1ncncc1Cl)c2=O. The summed E-state index contributed by atoms with van der Waals surface area (Å²) < 4.78 is 3.47. The van der Waals surface area contributed by atoms with E-state index >= 15 is 0 Å². The Bertz CT molecular complexity index is 2110. The molecular formula is C32H31BrCl4N10O4.